The van der Waals surface area contributed by atoms with Crippen LogP contribution in [0.4, 0.5) is 17.6 Å². The van der Waals surface area contributed by atoms with E-state index in [1.165, 1.54) is 44.5 Å². The van der Waals surface area contributed by atoms with Crippen molar-refractivity contribution in [2.24, 2.45) is 0 Å². The van der Waals surface area contributed by atoms with E-state index < -0.39 is 0 Å². The number of nitrogens with zero attached hydrogens (tertiary/aromatic N) is 5. The second-order valence-electron chi connectivity index (χ2n) is 6.72. The van der Waals surface area contributed by atoms with Crippen molar-refractivity contribution in [1.82, 2.24) is 19.7 Å². The highest BCUT2D eigenvalue weighted by Crippen LogP contribution is 2.26. The van der Waals surface area contributed by atoms with Crippen molar-refractivity contribution in [2.45, 2.75) is 31.7 Å². The lowest BCUT2D eigenvalue weighted by molar-refractivity contribution is 0.208. The molecule has 0 atom stereocenters. The van der Waals surface area contributed by atoms with Crippen molar-refractivity contribution in [3.8, 4) is 5.69 Å². The average Bonchev–Trinajstić information content (AvgIpc) is 3.25. The zero-order valence-electron chi connectivity index (χ0n) is 13.9. The van der Waals surface area contributed by atoms with Gasteiger partial charge in [-0.2, -0.15) is 9.67 Å². The lowest BCUT2D eigenvalue weighted by Gasteiger charge is -2.37. The molecule has 0 spiro atoms. The Morgan fingerprint density at radius 3 is 2.08 bits per heavy atom. The molecule has 2 fully saturated rings. The standard InChI is InChI=1S/C17H25N7/c18-16-20-17(19)24(21-16)15-5-3-13(4-6-15)23-11-7-14(8-12-23)22-9-1-2-10-22/h3-6,14H,1-2,7-12H2,(H4,18,19,20,21). The molecule has 7 nitrogen and oxygen atoms in total. The fourth-order valence-corrected chi connectivity index (χ4v) is 3.93. The Bertz CT molecular complexity index is 679. The number of anilines is 3. The number of nitrogens with two attached hydrogens (primary N) is 2. The van der Waals surface area contributed by atoms with Crippen molar-refractivity contribution < 1.29 is 0 Å². The maximum Gasteiger partial charge on any atom is 0.241 e. The molecule has 1 aromatic heterocycles. The number of aromatic nitrogens is 3. The van der Waals surface area contributed by atoms with Crippen LogP contribution in [0.5, 0.6) is 0 Å². The molecule has 0 amide bonds. The summed E-state index contributed by atoms with van der Waals surface area (Å²) in [5.41, 5.74) is 13.6. The second-order valence-corrected chi connectivity index (χ2v) is 6.72. The Labute approximate surface area is 142 Å². The van der Waals surface area contributed by atoms with Gasteiger partial charge in [-0.1, -0.05) is 0 Å². The molecule has 0 bridgehead atoms. The zero-order chi connectivity index (χ0) is 16.5. The molecule has 0 saturated carbocycles. The zero-order valence-corrected chi connectivity index (χ0v) is 13.9. The normalized spacial score (nSPS) is 19.9. The topological polar surface area (TPSA) is 89.2 Å². The first kappa shape index (κ1) is 15.3. The van der Waals surface area contributed by atoms with Gasteiger partial charge in [0, 0.05) is 24.8 Å². The highest BCUT2D eigenvalue weighted by Gasteiger charge is 2.26. The molecular formula is C17H25N7. The molecule has 0 radical (unpaired) electrons. The molecule has 2 aliphatic rings. The van der Waals surface area contributed by atoms with Gasteiger partial charge >= 0.3 is 0 Å². The summed E-state index contributed by atoms with van der Waals surface area (Å²) >= 11 is 0. The second kappa shape index (κ2) is 6.32. The predicted molar refractivity (Wildman–Crippen MR) is 96.2 cm³/mol. The van der Waals surface area contributed by atoms with E-state index in [0.29, 0.717) is 5.95 Å². The molecular weight excluding hydrogens is 302 g/mol. The van der Waals surface area contributed by atoms with Gasteiger partial charge in [0.1, 0.15) is 0 Å². The van der Waals surface area contributed by atoms with Gasteiger partial charge in [-0.15, -0.1) is 5.10 Å². The minimum absolute atomic E-state index is 0.195. The number of benzene rings is 1. The van der Waals surface area contributed by atoms with Crippen molar-refractivity contribution >= 4 is 17.6 Å². The van der Waals surface area contributed by atoms with Crippen molar-refractivity contribution in [3.05, 3.63) is 24.3 Å². The number of piperidine rings is 1. The molecule has 1 aromatic carbocycles. The fraction of sp³-hybridized carbons (Fsp3) is 0.529. The quantitative estimate of drug-likeness (QED) is 0.888. The summed E-state index contributed by atoms with van der Waals surface area (Å²) in [7, 11) is 0. The van der Waals surface area contributed by atoms with E-state index in [-0.39, 0.29) is 5.95 Å². The van der Waals surface area contributed by atoms with Gasteiger partial charge in [-0.3, -0.25) is 0 Å². The van der Waals surface area contributed by atoms with Crippen molar-refractivity contribution in [2.75, 3.05) is 42.5 Å². The molecule has 2 aliphatic heterocycles. The van der Waals surface area contributed by atoms with E-state index in [0.717, 1.165) is 24.8 Å². The van der Waals surface area contributed by atoms with Gasteiger partial charge in [0.15, 0.2) is 0 Å². The minimum Gasteiger partial charge on any atom is -0.371 e. The molecule has 24 heavy (non-hydrogen) atoms. The van der Waals surface area contributed by atoms with E-state index in [1.54, 1.807) is 4.68 Å². The summed E-state index contributed by atoms with van der Waals surface area (Å²) in [6.45, 7) is 4.83. The van der Waals surface area contributed by atoms with E-state index in [9.17, 15) is 0 Å². The van der Waals surface area contributed by atoms with Crippen LogP contribution in [0.25, 0.3) is 5.69 Å². The molecule has 0 unspecified atom stereocenters. The first-order valence-electron chi connectivity index (χ1n) is 8.78. The molecule has 128 valence electrons. The lowest BCUT2D eigenvalue weighted by atomic mass is 10.0. The first-order chi connectivity index (χ1) is 11.7. The first-order valence-corrected chi connectivity index (χ1v) is 8.78. The monoisotopic (exact) mass is 327 g/mol. The van der Waals surface area contributed by atoms with Crippen LogP contribution in [0.1, 0.15) is 25.7 Å². The van der Waals surface area contributed by atoms with Crippen molar-refractivity contribution in [1.29, 1.82) is 0 Å². The van der Waals surface area contributed by atoms with Crippen LogP contribution in [0, 0.1) is 0 Å². The molecule has 4 N–H and O–H groups in total. The van der Waals surface area contributed by atoms with Crippen LogP contribution in [0.3, 0.4) is 0 Å². The van der Waals surface area contributed by atoms with E-state index in [4.69, 9.17) is 11.5 Å². The Kier molecular flexibility index (Phi) is 4.02. The third-order valence-electron chi connectivity index (χ3n) is 5.23. The minimum atomic E-state index is 0.195. The summed E-state index contributed by atoms with van der Waals surface area (Å²) < 4.78 is 1.57. The summed E-state index contributed by atoms with van der Waals surface area (Å²) in [5.74, 6) is 0.507. The highest BCUT2D eigenvalue weighted by molar-refractivity contribution is 5.52. The molecule has 0 aliphatic carbocycles. The SMILES string of the molecule is Nc1nc(N)n(-c2ccc(N3CCC(N4CCCC4)CC3)cc2)n1. The number of nitrogen functional groups attached to an aromatic ring is 2. The predicted octanol–water partition coefficient (Wildman–Crippen LogP) is 1.50. The molecule has 2 saturated heterocycles. The molecule has 7 heteroatoms. The fourth-order valence-electron chi connectivity index (χ4n) is 3.93. The number of likely N-dealkylation sites (tertiary alicyclic amines) is 1. The largest absolute Gasteiger partial charge is 0.371 e. The summed E-state index contributed by atoms with van der Waals surface area (Å²) in [5, 5.41) is 4.12. The molecule has 2 aromatic rings. The van der Waals surface area contributed by atoms with Crippen LogP contribution in [0.15, 0.2) is 24.3 Å². The average molecular weight is 327 g/mol. The van der Waals surface area contributed by atoms with Gasteiger partial charge in [0.05, 0.1) is 5.69 Å². The third kappa shape index (κ3) is 2.91. The number of rotatable bonds is 3. The van der Waals surface area contributed by atoms with Crippen LogP contribution >= 0.6 is 0 Å². The summed E-state index contributed by atoms with van der Waals surface area (Å²) in [4.78, 5) is 9.08. The molecule has 3 heterocycles. The van der Waals surface area contributed by atoms with Gasteiger partial charge in [-0.05, 0) is 63.0 Å². The van der Waals surface area contributed by atoms with Crippen molar-refractivity contribution in [3.63, 3.8) is 0 Å². The number of hydrogen-bond acceptors (Lipinski definition) is 6. The van der Waals surface area contributed by atoms with Crippen LogP contribution < -0.4 is 16.4 Å². The van der Waals surface area contributed by atoms with Crippen LogP contribution in [-0.4, -0.2) is 51.9 Å². The Balaban J connectivity index is 1.41. The summed E-state index contributed by atoms with van der Waals surface area (Å²) in [6.07, 6.45) is 5.26. The van der Waals surface area contributed by atoms with E-state index in [2.05, 4.69) is 32.0 Å². The Morgan fingerprint density at radius 1 is 0.875 bits per heavy atom. The highest BCUT2D eigenvalue weighted by atomic mass is 15.4. The summed E-state index contributed by atoms with van der Waals surface area (Å²) in [6, 6.07) is 9.07. The van der Waals surface area contributed by atoms with Gasteiger partial charge in [0.2, 0.25) is 11.9 Å². The third-order valence-corrected chi connectivity index (χ3v) is 5.23. The van der Waals surface area contributed by atoms with E-state index >= 15 is 0 Å². The lowest BCUT2D eigenvalue weighted by Crippen LogP contribution is -2.43. The maximum absolute atomic E-state index is 5.82. The Hall–Kier alpha value is -2.28. The Morgan fingerprint density at radius 2 is 1.50 bits per heavy atom. The van der Waals surface area contributed by atoms with E-state index in [1.807, 2.05) is 12.1 Å². The maximum atomic E-state index is 5.82. The smallest absolute Gasteiger partial charge is 0.241 e. The van der Waals surface area contributed by atoms with Crippen LogP contribution in [-0.2, 0) is 0 Å². The number of hydrogen-bond donors (Lipinski definition) is 2. The van der Waals surface area contributed by atoms with Gasteiger partial charge in [0.25, 0.3) is 0 Å². The molecule has 4 rings (SSSR count). The van der Waals surface area contributed by atoms with Crippen LogP contribution in [0.2, 0.25) is 0 Å². The van der Waals surface area contributed by atoms with Gasteiger partial charge in [-0.25, -0.2) is 0 Å². The van der Waals surface area contributed by atoms with Gasteiger partial charge < -0.3 is 21.3 Å².